The van der Waals surface area contributed by atoms with Crippen LogP contribution in [0, 0.1) is 6.92 Å². The highest BCUT2D eigenvalue weighted by Gasteiger charge is 2.03. The van der Waals surface area contributed by atoms with Gasteiger partial charge in [0.05, 0.1) is 6.61 Å². The molecule has 0 N–H and O–H groups in total. The molecule has 0 fully saturated rings. The van der Waals surface area contributed by atoms with Gasteiger partial charge >= 0.3 is 0 Å². The predicted molar refractivity (Wildman–Crippen MR) is 61.2 cm³/mol. The van der Waals surface area contributed by atoms with Gasteiger partial charge in [-0.05, 0) is 13.8 Å². The minimum atomic E-state index is 0.461. The maximum absolute atomic E-state index is 5.07. The Morgan fingerprint density at radius 3 is 2.47 bits per heavy atom. The summed E-state index contributed by atoms with van der Waals surface area (Å²) in [5, 5.41) is 4.02. The van der Waals surface area contributed by atoms with Crippen molar-refractivity contribution < 1.29 is 9.57 Å². The first kappa shape index (κ1) is 11.7. The van der Waals surface area contributed by atoms with Gasteiger partial charge in [-0.2, -0.15) is 0 Å². The third-order valence-corrected chi connectivity index (χ3v) is 1.97. The van der Waals surface area contributed by atoms with Gasteiger partial charge in [0, 0.05) is 12.7 Å². The Hall–Kier alpha value is -1.35. The summed E-state index contributed by atoms with van der Waals surface area (Å²) < 4.78 is 5.07. The third-order valence-electron chi connectivity index (χ3n) is 1.97. The highest BCUT2D eigenvalue weighted by molar-refractivity contribution is 6.01. The first-order valence-electron chi connectivity index (χ1n) is 5.02. The van der Waals surface area contributed by atoms with Crippen LogP contribution < -0.4 is 0 Å². The molecule has 0 bridgehead atoms. The quantitative estimate of drug-likeness (QED) is 0.548. The van der Waals surface area contributed by atoms with Gasteiger partial charge in [-0.3, -0.25) is 0 Å². The van der Waals surface area contributed by atoms with E-state index < -0.39 is 0 Å². The van der Waals surface area contributed by atoms with Crippen LogP contribution in [0.15, 0.2) is 29.4 Å². The predicted octanol–water partition coefficient (Wildman–Crippen LogP) is 2.38. The minimum Gasteiger partial charge on any atom is -0.396 e. The molecule has 0 spiro atoms. The highest BCUT2D eigenvalue weighted by Crippen LogP contribution is 2.05. The van der Waals surface area contributed by atoms with Crippen LogP contribution in [0.25, 0.3) is 0 Å². The summed E-state index contributed by atoms with van der Waals surface area (Å²) in [7, 11) is 1.65. The molecular formula is C12H17NO2. The third kappa shape index (κ3) is 3.72. The molecule has 1 rings (SSSR count). The van der Waals surface area contributed by atoms with Crippen molar-refractivity contribution >= 4 is 5.71 Å². The molecule has 0 aliphatic carbocycles. The summed E-state index contributed by atoms with van der Waals surface area (Å²) >= 11 is 0. The van der Waals surface area contributed by atoms with E-state index in [4.69, 9.17) is 9.57 Å². The number of rotatable bonds is 5. The molecule has 0 saturated carbocycles. The summed E-state index contributed by atoms with van der Waals surface area (Å²) in [6.45, 7) is 4.99. The second-order valence-electron chi connectivity index (χ2n) is 3.25. The maximum atomic E-state index is 5.07. The topological polar surface area (TPSA) is 30.8 Å². The van der Waals surface area contributed by atoms with Gasteiger partial charge in [0.25, 0.3) is 0 Å². The van der Waals surface area contributed by atoms with Gasteiger partial charge in [0.15, 0.2) is 0 Å². The first-order valence-corrected chi connectivity index (χ1v) is 5.02. The molecule has 3 heteroatoms. The molecule has 0 aliphatic rings. The van der Waals surface area contributed by atoms with Crippen molar-refractivity contribution in [3.8, 4) is 0 Å². The zero-order chi connectivity index (χ0) is 11.1. The molecule has 0 aliphatic heterocycles. The lowest BCUT2D eigenvalue weighted by Crippen LogP contribution is -2.09. The van der Waals surface area contributed by atoms with E-state index in [0.29, 0.717) is 13.2 Å². The fourth-order valence-corrected chi connectivity index (χ4v) is 1.19. The minimum absolute atomic E-state index is 0.461. The smallest absolute Gasteiger partial charge is 0.114 e. The number of nitrogens with zero attached hydrogens (tertiary/aromatic N) is 1. The molecule has 1 aromatic rings. The molecule has 0 saturated heterocycles. The van der Waals surface area contributed by atoms with Crippen LogP contribution >= 0.6 is 0 Å². The Morgan fingerprint density at radius 2 is 1.93 bits per heavy atom. The van der Waals surface area contributed by atoms with E-state index in [1.54, 1.807) is 7.11 Å². The van der Waals surface area contributed by atoms with Crippen molar-refractivity contribution in [1.82, 2.24) is 0 Å². The van der Waals surface area contributed by atoms with Gasteiger partial charge in [-0.15, -0.1) is 0 Å². The zero-order valence-corrected chi connectivity index (χ0v) is 9.49. The highest BCUT2D eigenvalue weighted by atomic mass is 16.6. The number of hydrogen-bond acceptors (Lipinski definition) is 3. The van der Waals surface area contributed by atoms with Crippen LogP contribution in [0.4, 0.5) is 0 Å². The standard InChI is InChI=1S/C12H17NO2/c1-4-15-13-12(9-14-3)11-7-5-10(2)6-8-11/h5-8H,4,9H2,1-3H3. The molecule has 0 radical (unpaired) electrons. The van der Waals surface area contributed by atoms with Crippen molar-refractivity contribution in [2.45, 2.75) is 13.8 Å². The van der Waals surface area contributed by atoms with Crippen LogP contribution in [0.5, 0.6) is 0 Å². The zero-order valence-electron chi connectivity index (χ0n) is 9.49. The summed E-state index contributed by atoms with van der Waals surface area (Å²) in [5.41, 5.74) is 3.09. The maximum Gasteiger partial charge on any atom is 0.114 e. The van der Waals surface area contributed by atoms with E-state index in [2.05, 4.69) is 12.1 Å². The van der Waals surface area contributed by atoms with Gasteiger partial charge in [-0.1, -0.05) is 35.0 Å². The number of hydrogen-bond donors (Lipinski definition) is 0. The lowest BCUT2D eigenvalue weighted by atomic mass is 10.1. The van der Waals surface area contributed by atoms with Gasteiger partial charge < -0.3 is 9.57 Å². The summed E-state index contributed by atoms with van der Waals surface area (Å²) in [6, 6.07) is 8.14. The Kier molecular flexibility index (Phi) is 4.84. The Bertz CT molecular complexity index is 317. The largest absolute Gasteiger partial charge is 0.396 e. The second kappa shape index (κ2) is 6.19. The van der Waals surface area contributed by atoms with Gasteiger partial charge in [0.1, 0.15) is 12.3 Å². The molecular weight excluding hydrogens is 190 g/mol. The van der Waals surface area contributed by atoms with Crippen LogP contribution in [0.3, 0.4) is 0 Å². The molecule has 0 atom stereocenters. The Labute approximate surface area is 90.7 Å². The molecule has 0 heterocycles. The SMILES string of the molecule is CCON=C(COC)c1ccc(C)cc1. The molecule has 0 aromatic heterocycles. The van der Waals surface area contributed by atoms with E-state index in [1.807, 2.05) is 31.2 Å². The average molecular weight is 207 g/mol. The van der Waals surface area contributed by atoms with Crippen LogP contribution in [-0.2, 0) is 9.57 Å². The van der Waals surface area contributed by atoms with Crippen LogP contribution in [-0.4, -0.2) is 26.0 Å². The van der Waals surface area contributed by atoms with Crippen molar-refractivity contribution in [3.05, 3.63) is 35.4 Å². The summed E-state index contributed by atoms with van der Waals surface area (Å²) in [4.78, 5) is 5.04. The van der Waals surface area contributed by atoms with Crippen LogP contribution in [0.2, 0.25) is 0 Å². The van der Waals surface area contributed by atoms with Crippen molar-refractivity contribution in [2.24, 2.45) is 5.16 Å². The van der Waals surface area contributed by atoms with Gasteiger partial charge in [0.2, 0.25) is 0 Å². The van der Waals surface area contributed by atoms with E-state index >= 15 is 0 Å². The number of aryl methyl sites for hydroxylation is 1. The number of methoxy groups -OCH3 is 1. The average Bonchev–Trinajstić information content (AvgIpc) is 2.25. The molecule has 1 aromatic carbocycles. The van der Waals surface area contributed by atoms with Crippen molar-refractivity contribution in [2.75, 3.05) is 20.3 Å². The van der Waals surface area contributed by atoms with Crippen molar-refractivity contribution in [1.29, 1.82) is 0 Å². The number of ether oxygens (including phenoxy) is 1. The van der Waals surface area contributed by atoms with E-state index in [0.717, 1.165) is 11.3 Å². The summed E-state index contributed by atoms with van der Waals surface area (Å²) in [5.74, 6) is 0. The summed E-state index contributed by atoms with van der Waals surface area (Å²) in [6.07, 6.45) is 0. The fraction of sp³-hybridized carbons (Fsp3) is 0.417. The van der Waals surface area contributed by atoms with E-state index in [1.165, 1.54) is 5.56 Å². The molecule has 15 heavy (non-hydrogen) atoms. The normalized spacial score (nSPS) is 11.5. The molecule has 3 nitrogen and oxygen atoms in total. The lowest BCUT2D eigenvalue weighted by Gasteiger charge is -2.05. The first-order chi connectivity index (χ1) is 7.27. The van der Waals surface area contributed by atoms with E-state index in [9.17, 15) is 0 Å². The lowest BCUT2D eigenvalue weighted by molar-refractivity contribution is 0.154. The second-order valence-corrected chi connectivity index (χ2v) is 3.25. The number of oxime groups is 1. The molecule has 0 unspecified atom stereocenters. The van der Waals surface area contributed by atoms with Gasteiger partial charge in [-0.25, -0.2) is 0 Å². The molecule has 0 amide bonds. The van der Waals surface area contributed by atoms with Crippen LogP contribution in [0.1, 0.15) is 18.1 Å². The monoisotopic (exact) mass is 207 g/mol. The number of benzene rings is 1. The molecule has 82 valence electrons. The van der Waals surface area contributed by atoms with Crippen molar-refractivity contribution in [3.63, 3.8) is 0 Å². The Balaban J connectivity index is 2.83. The Morgan fingerprint density at radius 1 is 1.27 bits per heavy atom. The van der Waals surface area contributed by atoms with E-state index in [-0.39, 0.29) is 0 Å². The fourth-order valence-electron chi connectivity index (χ4n) is 1.19.